The van der Waals surface area contributed by atoms with Crippen molar-refractivity contribution in [3.63, 3.8) is 0 Å². The quantitative estimate of drug-likeness (QED) is 0.0236. The van der Waals surface area contributed by atoms with E-state index in [1.165, 1.54) is 205 Å². The lowest BCUT2D eigenvalue weighted by atomic mass is 10.0. The molecule has 358 valence electrons. The Balaban J connectivity index is 3.99. The fourth-order valence-electron chi connectivity index (χ4n) is 7.53. The standard InChI is InChI=1S/C50H99O9P/c1-3-5-7-9-11-13-15-17-19-20-21-22-23-24-25-26-27-29-31-33-35-37-39-41-43-56-46-49(47-58-60(54,55)57-45-48(52)44-51)59-50(53)42-40-38-36-34-32-30-28-18-16-14-12-10-8-6-4-2/h20-21,48-49,51-52H,3-19,22-47H2,1-2H3,(H,54,55)/b21-20-. The first-order chi connectivity index (χ1) is 29.3. The van der Waals surface area contributed by atoms with Crippen LogP contribution in [0, 0.1) is 0 Å². The van der Waals surface area contributed by atoms with Crippen LogP contribution in [-0.2, 0) is 27.9 Å². The van der Waals surface area contributed by atoms with Crippen molar-refractivity contribution in [3.05, 3.63) is 12.2 Å². The van der Waals surface area contributed by atoms with Crippen LogP contribution in [0.4, 0.5) is 0 Å². The average molecular weight is 875 g/mol. The van der Waals surface area contributed by atoms with E-state index in [4.69, 9.17) is 23.6 Å². The molecule has 0 aliphatic heterocycles. The van der Waals surface area contributed by atoms with E-state index in [-0.39, 0.29) is 25.6 Å². The van der Waals surface area contributed by atoms with Gasteiger partial charge in [-0.1, -0.05) is 225 Å². The van der Waals surface area contributed by atoms with Gasteiger partial charge in [0, 0.05) is 13.0 Å². The van der Waals surface area contributed by atoms with Crippen molar-refractivity contribution in [1.29, 1.82) is 0 Å². The molecule has 0 amide bonds. The van der Waals surface area contributed by atoms with Gasteiger partial charge in [0.05, 0.1) is 26.4 Å². The molecule has 0 heterocycles. The van der Waals surface area contributed by atoms with Gasteiger partial charge in [0.2, 0.25) is 0 Å². The Morgan fingerprint density at radius 2 is 0.850 bits per heavy atom. The van der Waals surface area contributed by atoms with Crippen molar-refractivity contribution >= 4 is 13.8 Å². The molecule has 10 heteroatoms. The van der Waals surface area contributed by atoms with Crippen LogP contribution >= 0.6 is 7.82 Å². The molecule has 0 saturated carbocycles. The van der Waals surface area contributed by atoms with E-state index in [0.29, 0.717) is 6.61 Å². The van der Waals surface area contributed by atoms with Gasteiger partial charge in [-0.05, 0) is 38.5 Å². The predicted octanol–water partition coefficient (Wildman–Crippen LogP) is 14.8. The molecule has 60 heavy (non-hydrogen) atoms. The highest BCUT2D eigenvalue weighted by atomic mass is 31.2. The second-order valence-electron chi connectivity index (χ2n) is 17.5. The maximum Gasteiger partial charge on any atom is 0.472 e. The highest BCUT2D eigenvalue weighted by molar-refractivity contribution is 7.47. The number of unbranched alkanes of at least 4 members (excludes halogenated alkanes) is 34. The van der Waals surface area contributed by atoms with E-state index in [1.54, 1.807) is 0 Å². The zero-order chi connectivity index (χ0) is 43.9. The van der Waals surface area contributed by atoms with Crippen LogP contribution in [0.25, 0.3) is 0 Å². The lowest BCUT2D eigenvalue weighted by Gasteiger charge is -2.20. The maximum atomic E-state index is 12.7. The number of phosphoric ester groups is 1. The van der Waals surface area contributed by atoms with Gasteiger partial charge in [-0.2, -0.15) is 0 Å². The second-order valence-corrected chi connectivity index (χ2v) is 19.0. The Morgan fingerprint density at radius 1 is 0.500 bits per heavy atom. The van der Waals surface area contributed by atoms with Crippen LogP contribution in [0.5, 0.6) is 0 Å². The molecule has 0 aromatic carbocycles. The summed E-state index contributed by atoms with van der Waals surface area (Å²) in [7, 11) is -4.52. The van der Waals surface area contributed by atoms with Gasteiger partial charge in [0.1, 0.15) is 12.2 Å². The van der Waals surface area contributed by atoms with E-state index in [1.807, 2.05) is 0 Å². The first-order valence-corrected chi connectivity index (χ1v) is 27.2. The van der Waals surface area contributed by atoms with Gasteiger partial charge in [0.15, 0.2) is 0 Å². The molecule has 0 aromatic heterocycles. The summed E-state index contributed by atoms with van der Waals surface area (Å²) in [4.78, 5) is 22.7. The van der Waals surface area contributed by atoms with Crippen molar-refractivity contribution in [3.8, 4) is 0 Å². The lowest BCUT2D eigenvalue weighted by Crippen LogP contribution is -2.29. The predicted molar refractivity (Wildman–Crippen MR) is 251 cm³/mol. The molecule has 0 rings (SSSR count). The topological polar surface area (TPSA) is 132 Å². The Kier molecular flexibility index (Phi) is 47.0. The summed E-state index contributed by atoms with van der Waals surface area (Å²) >= 11 is 0. The second kappa shape index (κ2) is 47.7. The van der Waals surface area contributed by atoms with Crippen LogP contribution in [0.15, 0.2) is 12.2 Å². The number of carbonyl (C=O) groups excluding carboxylic acids is 1. The minimum atomic E-state index is -4.52. The number of aliphatic hydroxyl groups is 2. The molecule has 3 atom stereocenters. The highest BCUT2D eigenvalue weighted by Crippen LogP contribution is 2.43. The number of ether oxygens (including phenoxy) is 2. The average Bonchev–Trinajstić information content (AvgIpc) is 3.24. The van der Waals surface area contributed by atoms with Gasteiger partial charge in [-0.15, -0.1) is 0 Å². The van der Waals surface area contributed by atoms with Crippen LogP contribution in [-0.4, -0.2) is 66.3 Å². The van der Waals surface area contributed by atoms with Crippen molar-refractivity contribution in [2.24, 2.45) is 0 Å². The molecule has 0 radical (unpaired) electrons. The molecular formula is C50H99O9P. The summed E-state index contributed by atoms with van der Waals surface area (Å²) in [6.07, 6.45) is 50.4. The van der Waals surface area contributed by atoms with Crippen LogP contribution in [0.1, 0.15) is 258 Å². The summed E-state index contributed by atoms with van der Waals surface area (Å²) in [5.74, 6) is -0.376. The van der Waals surface area contributed by atoms with Crippen LogP contribution < -0.4 is 0 Å². The minimum Gasteiger partial charge on any atom is -0.457 e. The number of carbonyl (C=O) groups is 1. The molecule has 0 aromatic rings. The molecular weight excluding hydrogens is 776 g/mol. The maximum absolute atomic E-state index is 12.7. The first-order valence-electron chi connectivity index (χ1n) is 25.7. The fraction of sp³-hybridized carbons (Fsp3) is 0.940. The number of phosphoric acid groups is 1. The summed E-state index contributed by atoms with van der Waals surface area (Å²) in [6.45, 7) is 3.58. The third kappa shape index (κ3) is 46.7. The number of aliphatic hydroxyl groups excluding tert-OH is 2. The van der Waals surface area contributed by atoms with Gasteiger partial charge >= 0.3 is 13.8 Å². The number of hydrogen-bond donors (Lipinski definition) is 3. The Bertz CT molecular complexity index is 949. The summed E-state index contributed by atoms with van der Waals surface area (Å²) in [5, 5.41) is 18.4. The van der Waals surface area contributed by atoms with Crippen molar-refractivity contribution < 1.29 is 43.0 Å². The molecule has 0 saturated heterocycles. The summed E-state index contributed by atoms with van der Waals surface area (Å²) < 4.78 is 33.5. The number of esters is 1. The van der Waals surface area contributed by atoms with E-state index < -0.39 is 33.2 Å². The van der Waals surface area contributed by atoms with E-state index >= 15 is 0 Å². The molecule has 0 aliphatic carbocycles. The van der Waals surface area contributed by atoms with Crippen molar-refractivity contribution in [2.75, 3.05) is 33.0 Å². The van der Waals surface area contributed by atoms with Crippen molar-refractivity contribution in [1.82, 2.24) is 0 Å². The van der Waals surface area contributed by atoms with Gasteiger partial charge in [-0.3, -0.25) is 13.8 Å². The molecule has 0 aliphatic rings. The third-order valence-corrected chi connectivity index (χ3v) is 12.4. The zero-order valence-electron chi connectivity index (χ0n) is 39.5. The SMILES string of the molecule is CCCCCCCCCC/C=C\CCCCCCCCCCCCCCOCC(COP(=O)(O)OCC(O)CO)OC(=O)CCCCCCCCCCCCCCCCC. The molecule has 0 fully saturated rings. The number of rotatable bonds is 50. The normalized spacial score (nSPS) is 13.9. The molecule has 3 unspecified atom stereocenters. The van der Waals surface area contributed by atoms with E-state index in [2.05, 4.69) is 26.0 Å². The van der Waals surface area contributed by atoms with Gasteiger partial charge in [-0.25, -0.2) is 4.57 Å². The third-order valence-electron chi connectivity index (χ3n) is 11.5. The monoisotopic (exact) mass is 875 g/mol. The summed E-state index contributed by atoms with van der Waals surface area (Å²) in [6, 6.07) is 0. The smallest absolute Gasteiger partial charge is 0.457 e. The molecule has 0 spiro atoms. The van der Waals surface area contributed by atoms with E-state index in [0.717, 1.165) is 32.1 Å². The Morgan fingerprint density at radius 3 is 1.25 bits per heavy atom. The van der Waals surface area contributed by atoms with Crippen LogP contribution in [0.2, 0.25) is 0 Å². The van der Waals surface area contributed by atoms with Gasteiger partial charge in [0.25, 0.3) is 0 Å². The fourth-order valence-corrected chi connectivity index (χ4v) is 8.32. The molecule has 9 nitrogen and oxygen atoms in total. The Labute approximate surface area is 370 Å². The lowest BCUT2D eigenvalue weighted by molar-refractivity contribution is -0.154. The zero-order valence-corrected chi connectivity index (χ0v) is 40.3. The highest BCUT2D eigenvalue weighted by Gasteiger charge is 2.26. The largest absolute Gasteiger partial charge is 0.472 e. The first kappa shape index (κ1) is 59.2. The summed E-state index contributed by atoms with van der Waals surface area (Å²) in [5.41, 5.74) is 0. The van der Waals surface area contributed by atoms with Crippen molar-refractivity contribution in [2.45, 2.75) is 270 Å². The number of allylic oxidation sites excluding steroid dienone is 2. The number of hydrogen-bond acceptors (Lipinski definition) is 8. The van der Waals surface area contributed by atoms with E-state index in [9.17, 15) is 19.4 Å². The molecule has 3 N–H and O–H groups in total. The molecule has 0 bridgehead atoms. The van der Waals surface area contributed by atoms with Gasteiger partial charge < -0.3 is 24.6 Å². The minimum absolute atomic E-state index is 0.0555. The Hall–Kier alpha value is -0.800. The van der Waals surface area contributed by atoms with Crippen LogP contribution in [0.3, 0.4) is 0 Å².